The highest BCUT2D eigenvalue weighted by Gasteiger charge is 2.35. The first kappa shape index (κ1) is 13.4. The second-order valence-corrected chi connectivity index (χ2v) is 4.99. The first-order valence-corrected chi connectivity index (χ1v) is 6.07. The van der Waals surface area contributed by atoms with Gasteiger partial charge in [-0.3, -0.25) is 4.68 Å². The molecule has 0 aliphatic heterocycles. The van der Waals surface area contributed by atoms with Crippen LogP contribution in [0.4, 0.5) is 17.6 Å². The lowest BCUT2D eigenvalue weighted by Gasteiger charge is -2.28. The normalized spacial score (nSPS) is 20.6. The molecule has 6 heteroatoms. The van der Waals surface area contributed by atoms with E-state index >= 15 is 0 Å². The zero-order valence-electron chi connectivity index (χ0n) is 10.2. The van der Waals surface area contributed by atoms with Crippen LogP contribution in [0.1, 0.15) is 43.4 Å². The molecule has 1 aliphatic carbocycles. The van der Waals surface area contributed by atoms with Crippen molar-refractivity contribution in [3.8, 4) is 0 Å². The largest absolute Gasteiger partial charge is 0.272 e. The minimum Gasteiger partial charge on any atom is -0.272 e. The van der Waals surface area contributed by atoms with E-state index in [1.807, 2.05) is 0 Å². The molecule has 0 radical (unpaired) electrons. The van der Waals surface area contributed by atoms with Gasteiger partial charge in [-0.05, 0) is 25.7 Å². The van der Waals surface area contributed by atoms with Gasteiger partial charge in [-0.2, -0.15) is 5.10 Å². The van der Waals surface area contributed by atoms with E-state index in [-0.39, 0.29) is 24.3 Å². The van der Waals surface area contributed by atoms with Crippen molar-refractivity contribution in [3.05, 3.63) is 17.5 Å². The molecule has 2 rings (SSSR count). The van der Waals surface area contributed by atoms with Crippen molar-refractivity contribution in [2.75, 3.05) is 0 Å². The molecule has 1 aromatic rings. The average Bonchev–Trinajstić information content (AvgIpc) is 2.63. The number of hydrogen-bond acceptors (Lipinski definition) is 1. The minimum atomic E-state index is -2.55. The van der Waals surface area contributed by atoms with Crippen LogP contribution in [0.15, 0.2) is 6.20 Å². The van der Waals surface area contributed by atoms with Gasteiger partial charge in [-0.25, -0.2) is 17.6 Å². The smallest absolute Gasteiger partial charge is 0.267 e. The van der Waals surface area contributed by atoms with Gasteiger partial charge in [0.1, 0.15) is 0 Å². The van der Waals surface area contributed by atoms with E-state index < -0.39 is 12.3 Å². The Morgan fingerprint density at radius 3 is 2.50 bits per heavy atom. The van der Waals surface area contributed by atoms with E-state index in [0.29, 0.717) is 25.1 Å². The van der Waals surface area contributed by atoms with Gasteiger partial charge in [0.05, 0.1) is 11.3 Å². The van der Waals surface area contributed by atoms with E-state index in [0.717, 1.165) is 0 Å². The number of alkyl halides is 4. The SMILES string of the molecule is Cc1nn(CC2CCC(F)(F)CC2)cc1C(F)F. The lowest BCUT2D eigenvalue weighted by atomic mass is 9.87. The standard InChI is InChI=1S/C12H16F4N2/c1-8-10(11(13)14)7-18(17-8)6-9-2-4-12(15,16)5-3-9/h7,9,11H,2-6H2,1H3. The highest BCUT2D eigenvalue weighted by molar-refractivity contribution is 5.16. The molecule has 0 spiro atoms. The Bertz CT molecular complexity index is 404. The lowest BCUT2D eigenvalue weighted by Crippen LogP contribution is -2.26. The Morgan fingerprint density at radius 2 is 2.00 bits per heavy atom. The van der Waals surface area contributed by atoms with Crippen molar-refractivity contribution in [2.24, 2.45) is 5.92 Å². The molecule has 1 heterocycles. The van der Waals surface area contributed by atoms with E-state index in [9.17, 15) is 17.6 Å². The molecule has 1 aliphatic rings. The fourth-order valence-electron chi connectivity index (χ4n) is 2.39. The maximum atomic E-state index is 13.0. The summed E-state index contributed by atoms with van der Waals surface area (Å²) >= 11 is 0. The second-order valence-electron chi connectivity index (χ2n) is 4.99. The minimum absolute atomic E-state index is 0.0730. The van der Waals surface area contributed by atoms with Gasteiger partial charge in [0.25, 0.3) is 6.43 Å². The number of nitrogens with zero attached hydrogens (tertiary/aromatic N) is 2. The molecule has 0 aromatic carbocycles. The van der Waals surface area contributed by atoms with Crippen LogP contribution in [-0.2, 0) is 6.54 Å². The zero-order valence-corrected chi connectivity index (χ0v) is 10.2. The summed E-state index contributed by atoms with van der Waals surface area (Å²) in [4.78, 5) is 0. The number of aromatic nitrogens is 2. The van der Waals surface area contributed by atoms with Crippen LogP contribution in [0, 0.1) is 12.8 Å². The summed E-state index contributed by atoms with van der Waals surface area (Å²) in [6, 6.07) is 0. The average molecular weight is 264 g/mol. The maximum absolute atomic E-state index is 13.0. The van der Waals surface area contributed by atoms with Gasteiger partial charge < -0.3 is 0 Å². The van der Waals surface area contributed by atoms with Gasteiger partial charge in [0.2, 0.25) is 5.92 Å². The molecule has 0 N–H and O–H groups in total. The highest BCUT2D eigenvalue weighted by Crippen LogP contribution is 2.36. The monoisotopic (exact) mass is 264 g/mol. The Balaban J connectivity index is 1.96. The van der Waals surface area contributed by atoms with Crippen LogP contribution >= 0.6 is 0 Å². The topological polar surface area (TPSA) is 17.8 Å². The maximum Gasteiger partial charge on any atom is 0.267 e. The summed E-state index contributed by atoms with van der Waals surface area (Å²) in [5.74, 6) is -2.44. The predicted molar refractivity (Wildman–Crippen MR) is 58.8 cm³/mol. The molecule has 1 aromatic heterocycles. The Morgan fingerprint density at radius 1 is 1.39 bits per heavy atom. The third-order valence-electron chi connectivity index (χ3n) is 3.50. The quantitative estimate of drug-likeness (QED) is 0.756. The van der Waals surface area contributed by atoms with E-state index in [4.69, 9.17) is 0 Å². The third kappa shape index (κ3) is 3.03. The molecule has 18 heavy (non-hydrogen) atoms. The molecule has 1 saturated carbocycles. The molecule has 0 atom stereocenters. The fraction of sp³-hybridized carbons (Fsp3) is 0.750. The molecule has 0 bridgehead atoms. The van der Waals surface area contributed by atoms with E-state index in [2.05, 4.69) is 5.10 Å². The van der Waals surface area contributed by atoms with Gasteiger partial charge in [0, 0.05) is 25.6 Å². The summed E-state index contributed by atoms with van der Waals surface area (Å²) in [6.45, 7) is 1.98. The number of halogens is 4. The van der Waals surface area contributed by atoms with Crippen molar-refractivity contribution in [1.82, 2.24) is 9.78 Å². The van der Waals surface area contributed by atoms with Crippen LogP contribution in [0.25, 0.3) is 0 Å². The van der Waals surface area contributed by atoms with Crippen LogP contribution in [0.2, 0.25) is 0 Å². The Kier molecular flexibility index (Phi) is 3.64. The summed E-state index contributed by atoms with van der Waals surface area (Å²) in [5.41, 5.74) is 0.238. The molecular weight excluding hydrogens is 248 g/mol. The summed E-state index contributed by atoms with van der Waals surface area (Å²) in [7, 11) is 0. The summed E-state index contributed by atoms with van der Waals surface area (Å²) in [5, 5.41) is 4.01. The number of hydrogen-bond donors (Lipinski definition) is 0. The third-order valence-corrected chi connectivity index (χ3v) is 3.50. The molecule has 0 unspecified atom stereocenters. The van der Waals surface area contributed by atoms with Crippen molar-refractivity contribution in [1.29, 1.82) is 0 Å². The molecular formula is C12H16F4N2. The van der Waals surface area contributed by atoms with Gasteiger partial charge in [-0.1, -0.05) is 0 Å². The van der Waals surface area contributed by atoms with Gasteiger partial charge in [0.15, 0.2) is 0 Å². The van der Waals surface area contributed by atoms with Crippen molar-refractivity contribution in [2.45, 2.75) is 51.5 Å². The Labute approximate surface area is 103 Å². The molecule has 102 valence electrons. The van der Waals surface area contributed by atoms with Crippen LogP contribution in [0.5, 0.6) is 0 Å². The van der Waals surface area contributed by atoms with Crippen LogP contribution in [-0.4, -0.2) is 15.7 Å². The Hall–Kier alpha value is -1.07. The second kappa shape index (κ2) is 4.90. The van der Waals surface area contributed by atoms with Crippen molar-refractivity contribution >= 4 is 0 Å². The van der Waals surface area contributed by atoms with Crippen molar-refractivity contribution < 1.29 is 17.6 Å². The molecule has 0 saturated heterocycles. The molecule has 0 amide bonds. The summed E-state index contributed by atoms with van der Waals surface area (Å²) in [6.07, 6.45) is -0.577. The first-order chi connectivity index (χ1) is 8.37. The highest BCUT2D eigenvalue weighted by atomic mass is 19.3. The molecule has 1 fully saturated rings. The first-order valence-electron chi connectivity index (χ1n) is 6.07. The summed E-state index contributed by atoms with van der Waals surface area (Å²) < 4.78 is 52.5. The van der Waals surface area contributed by atoms with Crippen LogP contribution in [0.3, 0.4) is 0 Å². The number of aryl methyl sites for hydroxylation is 1. The van der Waals surface area contributed by atoms with E-state index in [1.54, 1.807) is 0 Å². The van der Waals surface area contributed by atoms with E-state index in [1.165, 1.54) is 17.8 Å². The van der Waals surface area contributed by atoms with Gasteiger partial charge >= 0.3 is 0 Å². The number of rotatable bonds is 3. The van der Waals surface area contributed by atoms with Crippen molar-refractivity contribution in [3.63, 3.8) is 0 Å². The van der Waals surface area contributed by atoms with Gasteiger partial charge in [-0.15, -0.1) is 0 Å². The van der Waals surface area contributed by atoms with Crippen LogP contribution < -0.4 is 0 Å². The fourth-order valence-corrected chi connectivity index (χ4v) is 2.39. The zero-order chi connectivity index (χ0) is 13.3. The predicted octanol–water partition coefficient (Wildman–Crippen LogP) is 3.95. The lowest BCUT2D eigenvalue weighted by molar-refractivity contribution is -0.0476. The molecule has 2 nitrogen and oxygen atoms in total.